The van der Waals surface area contributed by atoms with E-state index in [-0.39, 0.29) is 11.5 Å². The number of aldehydes is 1. The van der Waals surface area contributed by atoms with Crippen LogP contribution in [0, 0.1) is 17.7 Å². The summed E-state index contributed by atoms with van der Waals surface area (Å²) in [4.78, 5) is 26.7. The van der Waals surface area contributed by atoms with Crippen LogP contribution >= 0.6 is 0 Å². The minimum Gasteiger partial charge on any atom is -0.338 e. The van der Waals surface area contributed by atoms with Crippen molar-refractivity contribution >= 4 is 12.2 Å². The zero-order chi connectivity index (χ0) is 23.2. The third-order valence-electron chi connectivity index (χ3n) is 7.20. The maximum Gasteiger partial charge on any atom is 0.256 e. The monoisotopic (exact) mass is 457 g/mol. The molecule has 34 heavy (non-hydrogen) atoms. The first-order chi connectivity index (χ1) is 16.6. The summed E-state index contributed by atoms with van der Waals surface area (Å²) in [6.07, 6.45) is 9.17. The summed E-state index contributed by atoms with van der Waals surface area (Å²) in [5.41, 5.74) is 3.55. The third-order valence-corrected chi connectivity index (χ3v) is 7.20. The average molecular weight is 458 g/mol. The van der Waals surface area contributed by atoms with E-state index in [0.29, 0.717) is 34.4 Å². The Balaban J connectivity index is 1.33. The van der Waals surface area contributed by atoms with Crippen LogP contribution in [0.15, 0.2) is 48.7 Å². The molecule has 3 aliphatic rings. The molecule has 3 aliphatic carbocycles. The molecule has 0 saturated heterocycles. The van der Waals surface area contributed by atoms with Crippen LogP contribution in [0.4, 0.5) is 4.39 Å². The molecule has 0 aliphatic heterocycles. The third kappa shape index (κ3) is 4.17. The van der Waals surface area contributed by atoms with Crippen LogP contribution in [0.25, 0.3) is 16.8 Å². The highest BCUT2D eigenvalue weighted by Crippen LogP contribution is 2.42. The fourth-order valence-corrected chi connectivity index (χ4v) is 4.79. The first kappa shape index (κ1) is 21.3. The Morgan fingerprint density at radius 2 is 1.74 bits per heavy atom. The molecule has 0 radical (unpaired) electrons. The van der Waals surface area contributed by atoms with Crippen molar-refractivity contribution in [2.75, 3.05) is 13.1 Å². The zero-order valence-corrected chi connectivity index (χ0v) is 19.1. The van der Waals surface area contributed by atoms with E-state index in [9.17, 15) is 9.59 Å². The van der Waals surface area contributed by atoms with Gasteiger partial charge in [0.05, 0.1) is 28.7 Å². The van der Waals surface area contributed by atoms with E-state index in [1.54, 1.807) is 29.1 Å². The second-order valence-corrected chi connectivity index (χ2v) is 10.1. The van der Waals surface area contributed by atoms with Gasteiger partial charge in [0.1, 0.15) is 5.82 Å². The van der Waals surface area contributed by atoms with Crippen molar-refractivity contribution in [2.45, 2.75) is 44.4 Å². The van der Waals surface area contributed by atoms with Crippen LogP contribution in [0.1, 0.15) is 70.9 Å². The lowest BCUT2D eigenvalue weighted by atomic mass is 10.0. The van der Waals surface area contributed by atoms with Gasteiger partial charge < -0.3 is 4.90 Å². The van der Waals surface area contributed by atoms with E-state index in [4.69, 9.17) is 0 Å². The number of amides is 1. The lowest BCUT2D eigenvalue weighted by molar-refractivity contribution is 0.0735. The average Bonchev–Trinajstić information content (AvgIpc) is 3.71. The molecular weight excluding hydrogens is 429 g/mol. The number of aromatic nitrogens is 2. The molecular formula is C28H28FN3O2. The van der Waals surface area contributed by atoms with Gasteiger partial charge in [-0.3, -0.25) is 9.59 Å². The molecule has 0 N–H and O–H groups in total. The summed E-state index contributed by atoms with van der Waals surface area (Å²) >= 11 is 0. The Hall–Kier alpha value is -3.28. The largest absolute Gasteiger partial charge is 0.338 e. The molecule has 3 saturated carbocycles. The van der Waals surface area contributed by atoms with Crippen molar-refractivity contribution in [1.29, 1.82) is 0 Å². The van der Waals surface area contributed by atoms with Gasteiger partial charge >= 0.3 is 0 Å². The number of carbonyl (C=O) groups excluding carboxylic acids is 2. The number of rotatable bonds is 9. The second-order valence-electron chi connectivity index (χ2n) is 10.1. The maximum absolute atomic E-state index is 15.8. The van der Waals surface area contributed by atoms with Gasteiger partial charge in [0.25, 0.3) is 5.91 Å². The number of nitrogens with zero attached hydrogens (tertiary/aromatic N) is 3. The lowest BCUT2D eigenvalue weighted by Crippen LogP contribution is -2.35. The SMILES string of the molecule is O=Cc1cnn(-c2cccc(-c3cccc(C(=O)N(CC4CC4)CC4CC4)c3F)c2)c1C1CC1. The summed E-state index contributed by atoms with van der Waals surface area (Å²) in [5.74, 6) is 0.798. The standard InChI is InChI=1S/C28H28FN3O2/c29-26-24(5-2-6-25(26)28(34)31(15-18-7-8-18)16-19-9-10-19)21-3-1-4-23(13-21)32-27(20-11-12-20)22(17-33)14-30-32/h1-6,13-14,17-20H,7-12,15-16H2. The highest BCUT2D eigenvalue weighted by Gasteiger charge is 2.33. The predicted molar refractivity (Wildman–Crippen MR) is 128 cm³/mol. The molecule has 0 atom stereocenters. The van der Waals surface area contributed by atoms with E-state index in [0.717, 1.165) is 69.3 Å². The summed E-state index contributed by atoms with van der Waals surface area (Å²) in [7, 11) is 0. The molecule has 1 heterocycles. The normalized spacial score (nSPS) is 17.6. The summed E-state index contributed by atoms with van der Waals surface area (Å²) in [6.45, 7) is 1.47. The van der Waals surface area contributed by atoms with Crippen molar-refractivity contribution in [1.82, 2.24) is 14.7 Å². The van der Waals surface area contributed by atoms with Crippen molar-refractivity contribution in [3.8, 4) is 16.8 Å². The molecule has 1 aromatic heterocycles. The Kier molecular flexibility index (Phi) is 5.31. The van der Waals surface area contributed by atoms with Crippen LogP contribution in [0.5, 0.6) is 0 Å². The lowest BCUT2D eigenvalue weighted by Gasteiger charge is -2.23. The van der Waals surface area contributed by atoms with Gasteiger partial charge in [-0.1, -0.05) is 24.3 Å². The number of benzene rings is 2. The molecule has 3 aromatic rings. The van der Waals surface area contributed by atoms with E-state index >= 15 is 4.39 Å². The molecule has 3 fully saturated rings. The first-order valence-electron chi connectivity index (χ1n) is 12.3. The van der Waals surface area contributed by atoms with E-state index in [1.165, 1.54) is 0 Å². The predicted octanol–water partition coefficient (Wildman–Crippen LogP) is 5.63. The van der Waals surface area contributed by atoms with E-state index in [1.807, 2.05) is 29.2 Å². The van der Waals surface area contributed by atoms with Crippen LogP contribution in [-0.2, 0) is 0 Å². The molecule has 1 amide bonds. The molecule has 0 bridgehead atoms. The van der Waals surface area contributed by atoms with Gasteiger partial charge in [0.15, 0.2) is 6.29 Å². The highest BCUT2D eigenvalue weighted by atomic mass is 19.1. The minimum absolute atomic E-state index is 0.144. The second kappa shape index (κ2) is 8.49. The van der Waals surface area contributed by atoms with Crippen LogP contribution in [-0.4, -0.2) is 40.0 Å². The van der Waals surface area contributed by atoms with E-state index < -0.39 is 5.82 Å². The molecule has 6 rings (SSSR count). The van der Waals surface area contributed by atoms with E-state index in [2.05, 4.69) is 5.10 Å². The summed E-state index contributed by atoms with van der Waals surface area (Å²) in [6, 6.07) is 12.6. The van der Waals surface area contributed by atoms with Crippen molar-refractivity contribution in [2.24, 2.45) is 11.8 Å². The Labute approximate surface area is 198 Å². The smallest absolute Gasteiger partial charge is 0.256 e. The first-order valence-corrected chi connectivity index (χ1v) is 12.3. The van der Waals surface area contributed by atoms with Crippen molar-refractivity contribution < 1.29 is 14.0 Å². The minimum atomic E-state index is -0.474. The van der Waals surface area contributed by atoms with Gasteiger partial charge in [0, 0.05) is 24.6 Å². The topological polar surface area (TPSA) is 55.2 Å². The molecule has 174 valence electrons. The molecule has 0 spiro atoms. The number of hydrogen-bond acceptors (Lipinski definition) is 3. The van der Waals surface area contributed by atoms with Crippen molar-refractivity contribution in [3.63, 3.8) is 0 Å². The molecule has 6 heteroatoms. The van der Waals surface area contributed by atoms with Crippen LogP contribution in [0.2, 0.25) is 0 Å². The number of halogens is 1. The van der Waals surface area contributed by atoms with Gasteiger partial charge in [-0.05, 0) is 74.1 Å². The van der Waals surface area contributed by atoms with Crippen molar-refractivity contribution in [3.05, 3.63) is 71.3 Å². The Morgan fingerprint density at radius 1 is 1.03 bits per heavy atom. The van der Waals surface area contributed by atoms with Gasteiger partial charge in [-0.25, -0.2) is 9.07 Å². The Bertz CT molecular complexity index is 1240. The molecule has 2 aromatic carbocycles. The van der Waals surface area contributed by atoms with Gasteiger partial charge in [-0.15, -0.1) is 0 Å². The number of hydrogen-bond donors (Lipinski definition) is 0. The molecule has 0 unspecified atom stereocenters. The maximum atomic E-state index is 15.8. The highest BCUT2D eigenvalue weighted by molar-refractivity contribution is 5.96. The number of carbonyl (C=O) groups is 2. The van der Waals surface area contributed by atoms with Crippen LogP contribution in [0.3, 0.4) is 0 Å². The van der Waals surface area contributed by atoms with Gasteiger partial charge in [0.2, 0.25) is 0 Å². The Morgan fingerprint density at radius 3 is 2.38 bits per heavy atom. The quantitative estimate of drug-likeness (QED) is 0.391. The fraction of sp³-hybridized carbons (Fsp3) is 0.393. The molecule has 5 nitrogen and oxygen atoms in total. The zero-order valence-electron chi connectivity index (χ0n) is 19.1. The fourth-order valence-electron chi connectivity index (χ4n) is 4.79. The summed E-state index contributed by atoms with van der Waals surface area (Å²) < 4.78 is 17.6. The summed E-state index contributed by atoms with van der Waals surface area (Å²) in [5, 5.41) is 4.44. The van der Waals surface area contributed by atoms with Gasteiger partial charge in [-0.2, -0.15) is 5.10 Å². The van der Waals surface area contributed by atoms with Crippen LogP contribution < -0.4 is 0 Å².